The Kier molecular flexibility index (Phi) is 6.86. The smallest absolute Gasteiger partial charge is 0.312 e. The van der Waals surface area contributed by atoms with Crippen LogP contribution in [0.5, 0.6) is 5.75 Å². The van der Waals surface area contributed by atoms with Crippen LogP contribution < -0.4 is 15.2 Å². The first kappa shape index (κ1) is 18.6. The van der Waals surface area contributed by atoms with Crippen molar-refractivity contribution in [3.8, 4) is 5.75 Å². The lowest BCUT2D eigenvalue weighted by molar-refractivity contribution is -0.386. The number of hydrogen-bond donors (Lipinski definition) is 2. The molecule has 0 heterocycles. The van der Waals surface area contributed by atoms with Crippen molar-refractivity contribution in [1.29, 1.82) is 0 Å². The number of nitrogens with zero attached hydrogens (tertiary/aromatic N) is 1. The molecule has 20 heavy (non-hydrogen) atoms. The Bertz CT molecular complexity index is 578. The summed E-state index contributed by atoms with van der Waals surface area (Å²) in [7, 11) is -2.57. The van der Waals surface area contributed by atoms with Crippen LogP contribution >= 0.6 is 12.4 Å². The molecular formula is C10H16ClN3O5S. The van der Waals surface area contributed by atoms with Gasteiger partial charge in [-0.05, 0) is 19.1 Å². The van der Waals surface area contributed by atoms with Crippen LogP contribution in [0.2, 0.25) is 0 Å². The maximum absolute atomic E-state index is 11.9. The van der Waals surface area contributed by atoms with E-state index >= 15 is 0 Å². The third-order valence-electron chi connectivity index (χ3n) is 2.37. The SMILES string of the molecule is COc1ccc(S(=O)(=O)N[C@@H](C)CN)cc1[N+](=O)[O-].Cl. The molecule has 0 saturated carbocycles. The lowest BCUT2D eigenvalue weighted by atomic mass is 10.3. The lowest BCUT2D eigenvalue weighted by Gasteiger charge is -2.12. The molecule has 0 fully saturated rings. The van der Waals surface area contributed by atoms with Crippen molar-refractivity contribution in [3.63, 3.8) is 0 Å². The average molecular weight is 326 g/mol. The molecule has 0 saturated heterocycles. The Morgan fingerprint density at radius 2 is 2.10 bits per heavy atom. The molecule has 0 amide bonds. The van der Waals surface area contributed by atoms with Crippen LogP contribution in [0.15, 0.2) is 23.1 Å². The van der Waals surface area contributed by atoms with Gasteiger partial charge >= 0.3 is 5.69 Å². The number of nitro groups is 1. The first-order chi connectivity index (χ1) is 8.81. The van der Waals surface area contributed by atoms with E-state index in [-0.39, 0.29) is 29.6 Å². The predicted molar refractivity (Wildman–Crippen MR) is 75.7 cm³/mol. The fraction of sp³-hybridized carbons (Fsp3) is 0.400. The summed E-state index contributed by atoms with van der Waals surface area (Å²) in [6, 6.07) is 2.95. The highest BCUT2D eigenvalue weighted by Gasteiger charge is 2.22. The molecule has 1 aromatic carbocycles. The molecule has 0 aliphatic heterocycles. The minimum atomic E-state index is -3.84. The van der Waals surface area contributed by atoms with Crippen molar-refractivity contribution >= 4 is 28.1 Å². The van der Waals surface area contributed by atoms with Gasteiger partial charge in [-0.2, -0.15) is 0 Å². The molecule has 0 spiro atoms. The molecule has 0 bridgehead atoms. The fourth-order valence-corrected chi connectivity index (χ4v) is 2.64. The summed E-state index contributed by atoms with van der Waals surface area (Å²) in [5, 5.41) is 10.8. The van der Waals surface area contributed by atoms with Crippen molar-refractivity contribution in [2.45, 2.75) is 17.9 Å². The molecule has 0 aromatic heterocycles. The topological polar surface area (TPSA) is 125 Å². The standard InChI is InChI=1S/C10H15N3O5S.ClH/c1-7(6-11)12-19(16,17)8-3-4-10(18-2)9(5-8)13(14)15;/h3-5,7,12H,6,11H2,1-2H3;1H/t7-;/m0./s1. The molecule has 0 radical (unpaired) electrons. The molecular weight excluding hydrogens is 310 g/mol. The van der Waals surface area contributed by atoms with Gasteiger partial charge in [-0.3, -0.25) is 10.1 Å². The predicted octanol–water partition coefficient (Wildman–Crippen LogP) is 0.651. The van der Waals surface area contributed by atoms with Crippen molar-refractivity contribution in [3.05, 3.63) is 28.3 Å². The van der Waals surface area contributed by atoms with Crippen LogP contribution in [0.25, 0.3) is 0 Å². The van der Waals surface area contributed by atoms with Gasteiger partial charge in [0.1, 0.15) is 0 Å². The summed E-state index contributed by atoms with van der Waals surface area (Å²) in [5.74, 6) is -0.00387. The van der Waals surface area contributed by atoms with E-state index in [2.05, 4.69) is 4.72 Å². The van der Waals surface area contributed by atoms with Gasteiger partial charge in [-0.15, -0.1) is 12.4 Å². The van der Waals surface area contributed by atoms with Gasteiger partial charge in [0.2, 0.25) is 10.0 Å². The summed E-state index contributed by atoms with van der Waals surface area (Å²) in [5.41, 5.74) is 4.91. The number of nitro benzene ring substituents is 1. The number of halogens is 1. The van der Waals surface area contributed by atoms with Gasteiger partial charge in [0, 0.05) is 18.7 Å². The van der Waals surface area contributed by atoms with Gasteiger partial charge in [-0.1, -0.05) is 0 Å². The van der Waals surface area contributed by atoms with E-state index in [0.29, 0.717) is 0 Å². The van der Waals surface area contributed by atoms with Crippen molar-refractivity contribution in [1.82, 2.24) is 4.72 Å². The number of nitrogens with two attached hydrogens (primary N) is 1. The molecule has 114 valence electrons. The maximum atomic E-state index is 11.9. The normalized spacial score (nSPS) is 12.3. The van der Waals surface area contributed by atoms with E-state index in [9.17, 15) is 18.5 Å². The van der Waals surface area contributed by atoms with E-state index < -0.39 is 26.7 Å². The van der Waals surface area contributed by atoms with Gasteiger partial charge in [0.15, 0.2) is 5.75 Å². The number of hydrogen-bond acceptors (Lipinski definition) is 6. The number of sulfonamides is 1. The van der Waals surface area contributed by atoms with Crippen LogP contribution in [0.4, 0.5) is 5.69 Å². The third-order valence-corrected chi connectivity index (χ3v) is 3.95. The Balaban J connectivity index is 0.00000361. The second kappa shape index (κ2) is 7.39. The van der Waals surface area contributed by atoms with E-state index in [0.717, 1.165) is 6.07 Å². The molecule has 1 rings (SSSR count). The minimum absolute atomic E-state index is 0. The highest BCUT2D eigenvalue weighted by Crippen LogP contribution is 2.29. The van der Waals surface area contributed by atoms with Crippen LogP contribution in [0, 0.1) is 10.1 Å². The molecule has 0 aliphatic carbocycles. The zero-order chi connectivity index (χ0) is 14.6. The van der Waals surface area contributed by atoms with Crippen molar-refractivity contribution < 1.29 is 18.1 Å². The first-order valence-electron chi connectivity index (χ1n) is 5.36. The van der Waals surface area contributed by atoms with E-state index in [1.54, 1.807) is 6.92 Å². The summed E-state index contributed by atoms with van der Waals surface area (Å²) in [6.07, 6.45) is 0. The van der Waals surface area contributed by atoms with E-state index in [1.165, 1.54) is 19.2 Å². The molecule has 1 aromatic rings. The Labute approximate surface area is 122 Å². The Morgan fingerprint density at radius 1 is 1.50 bits per heavy atom. The van der Waals surface area contributed by atoms with Crippen LogP contribution in [-0.2, 0) is 10.0 Å². The van der Waals surface area contributed by atoms with Gasteiger partial charge in [-0.25, -0.2) is 13.1 Å². The maximum Gasteiger partial charge on any atom is 0.312 e. The van der Waals surface area contributed by atoms with Crippen molar-refractivity contribution in [2.75, 3.05) is 13.7 Å². The highest BCUT2D eigenvalue weighted by atomic mass is 35.5. The second-order valence-electron chi connectivity index (χ2n) is 3.85. The number of benzene rings is 1. The number of methoxy groups -OCH3 is 1. The molecule has 10 heteroatoms. The third kappa shape index (κ3) is 4.30. The number of nitrogens with one attached hydrogen (secondary N) is 1. The highest BCUT2D eigenvalue weighted by molar-refractivity contribution is 7.89. The summed E-state index contributed by atoms with van der Waals surface area (Å²) >= 11 is 0. The molecule has 0 aliphatic rings. The van der Waals surface area contributed by atoms with Crippen LogP contribution in [0.3, 0.4) is 0 Å². The van der Waals surface area contributed by atoms with Crippen LogP contribution in [-0.4, -0.2) is 33.0 Å². The fourth-order valence-electron chi connectivity index (χ4n) is 1.36. The van der Waals surface area contributed by atoms with Gasteiger partial charge in [0.05, 0.1) is 16.9 Å². The Hall–Kier alpha value is -1.42. The largest absolute Gasteiger partial charge is 0.490 e. The molecule has 0 unspecified atom stereocenters. The quantitative estimate of drug-likeness (QED) is 0.584. The van der Waals surface area contributed by atoms with Crippen LogP contribution in [0.1, 0.15) is 6.92 Å². The molecule has 1 atom stereocenters. The zero-order valence-electron chi connectivity index (χ0n) is 10.9. The van der Waals surface area contributed by atoms with Gasteiger partial charge in [0.25, 0.3) is 0 Å². The average Bonchev–Trinajstić information content (AvgIpc) is 2.37. The monoisotopic (exact) mass is 325 g/mol. The second-order valence-corrected chi connectivity index (χ2v) is 5.56. The van der Waals surface area contributed by atoms with Gasteiger partial charge < -0.3 is 10.5 Å². The summed E-state index contributed by atoms with van der Waals surface area (Å²) in [4.78, 5) is 9.92. The summed E-state index contributed by atoms with van der Waals surface area (Å²) in [6.45, 7) is 1.72. The van der Waals surface area contributed by atoms with E-state index in [1.807, 2.05) is 0 Å². The Morgan fingerprint density at radius 3 is 2.55 bits per heavy atom. The first-order valence-corrected chi connectivity index (χ1v) is 6.85. The molecule has 8 nitrogen and oxygen atoms in total. The summed E-state index contributed by atoms with van der Waals surface area (Å²) < 4.78 is 31.0. The number of rotatable bonds is 6. The van der Waals surface area contributed by atoms with E-state index in [4.69, 9.17) is 10.5 Å². The zero-order valence-corrected chi connectivity index (χ0v) is 12.5. The minimum Gasteiger partial charge on any atom is -0.490 e. The molecule has 3 N–H and O–H groups in total. The number of ether oxygens (including phenoxy) is 1. The lowest BCUT2D eigenvalue weighted by Crippen LogP contribution is -2.37. The van der Waals surface area contributed by atoms with Crippen molar-refractivity contribution in [2.24, 2.45) is 5.73 Å².